The molecular formula is C16H23NO2. The van der Waals surface area contributed by atoms with E-state index < -0.39 is 5.60 Å². The highest BCUT2D eigenvalue weighted by Gasteiger charge is 2.35. The minimum atomic E-state index is -0.460. The van der Waals surface area contributed by atoms with Gasteiger partial charge < -0.3 is 15.2 Å². The van der Waals surface area contributed by atoms with Crippen molar-refractivity contribution < 1.29 is 9.84 Å². The van der Waals surface area contributed by atoms with Crippen LogP contribution in [0.2, 0.25) is 0 Å². The number of hydrogen-bond donors (Lipinski definition) is 2. The molecule has 0 amide bonds. The molecule has 3 rings (SSSR count). The molecular weight excluding hydrogens is 238 g/mol. The minimum Gasteiger partial charge on any atom is -0.493 e. The molecule has 104 valence electrons. The third-order valence-corrected chi connectivity index (χ3v) is 4.40. The Kier molecular flexibility index (Phi) is 3.50. The van der Waals surface area contributed by atoms with Crippen molar-refractivity contribution in [1.29, 1.82) is 0 Å². The van der Waals surface area contributed by atoms with Gasteiger partial charge in [0.05, 0.1) is 12.2 Å². The van der Waals surface area contributed by atoms with Crippen molar-refractivity contribution >= 4 is 0 Å². The lowest BCUT2D eigenvalue weighted by Crippen LogP contribution is -2.47. The molecule has 2 aliphatic rings. The molecule has 1 fully saturated rings. The summed E-state index contributed by atoms with van der Waals surface area (Å²) in [5.74, 6) is 1.01. The third-order valence-electron chi connectivity index (χ3n) is 4.40. The fourth-order valence-corrected chi connectivity index (χ4v) is 2.97. The van der Waals surface area contributed by atoms with E-state index in [9.17, 15) is 5.11 Å². The van der Waals surface area contributed by atoms with Crippen LogP contribution in [0.4, 0.5) is 0 Å². The predicted molar refractivity (Wildman–Crippen MR) is 75.5 cm³/mol. The summed E-state index contributed by atoms with van der Waals surface area (Å²) in [4.78, 5) is 0. The molecule has 19 heavy (non-hydrogen) atoms. The van der Waals surface area contributed by atoms with E-state index in [1.54, 1.807) is 0 Å². The molecule has 2 N–H and O–H groups in total. The van der Waals surface area contributed by atoms with E-state index >= 15 is 0 Å². The van der Waals surface area contributed by atoms with E-state index in [1.807, 2.05) is 0 Å². The molecule has 0 saturated heterocycles. The first-order chi connectivity index (χ1) is 9.16. The van der Waals surface area contributed by atoms with Crippen molar-refractivity contribution in [2.45, 2.75) is 50.7 Å². The highest BCUT2D eigenvalue weighted by Crippen LogP contribution is 2.35. The van der Waals surface area contributed by atoms with Crippen LogP contribution in [-0.4, -0.2) is 23.9 Å². The van der Waals surface area contributed by atoms with Crippen LogP contribution in [0.3, 0.4) is 0 Å². The Morgan fingerprint density at radius 2 is 2.21 bits per heavy atom. The van der Waals surface area contributed by atoms with Crippen LogP contribution in [-0.2, 0) is 0 Å². The van der Waals surface area contributed by atoms with Gasteiger partial charge in [0, 0.05) is 18.2 Å². The van der Waals surface area contributed by atoms with E-state index in [0.29, 0.717) is 12.6 Å². The molecule has 1 aliphatic heterocycles. The van der Waals surface area contributed by atoms with Crippen LogP contribution in [0.5, 0.6) is 5.75 Å². The Labute approximate surface area is 115 Å². The van der Waals surface area contributed by atoms with Gasteiger partial charge in [-0.15, -0.1) is 0 Å². The summed E-state index contributed by atoms with van der Waals surface area (Å²) in [6, 6.07) is 6.73. The van der Waals surface area contributed by atoms with Gasteiger partial charge in [-0.1, -0.05) is 12.1 Å². The summed E-state index contributed by atoms with van der Waals surface area (Å²) in [6.45, 7) is 3.58. The number of nitrogens with one attached hydrogen (secondary N) is 1. The van der Waals surface area contributed by atoms with Gasteiger partial charge in [0.2, 0.25) is 0 Å². The molecule has 0 bridgehead atoms. The van der Waals surface area contributed by atoms with Crippen molar-refractivity contribution in [2.24, 2.45) is 0 Å². The lowest BCUT2D eigenvalue weighted by atomic mass is 9.80. The topological polar surface area (TPSA) is 41.5 Å². The lowest BCUT2D eigenvalue weighted by molar-refractivity contribution is -0.0334. The summed E-state index contributed by atoms with van der Waals surface area (Å²) < 4.78 is 5.83. The summed E-state index contributed by atoms with van der Waals surface area (Å²) in [5.41, 5.74) is 2.01. The normalized spacial score (nSPS) is 24.8. The first-order valence-corrected chi connectivity index (χ1v) is 7.35. The fourth-order valence-electron chi connectivity index (χ4n) is 2.97. The van der Waals surface area contributed by atoms with Gasteiger partial charge in [-0.05, 0) is 50.7 Å². The Bertz CT molecular complexity index is 454. The second-order valence-corrected chi connectivity index (χ2v) is 6.04. The average Bonchev–Trinajstić information content (AvgIpc) is 2.56. The van der Waals surface area contributed by atoms with Crippen molar-refractivity contribution in [1.82, 2.24) is 5.32 Å². The van der Waals surface area contributed by atoms with Crippen LogP contribution in [0.15, 0.2) is 18.2 Å². The Morgan fingerprint density at radius 3 is 2.95 bits per heavy atom. The highest BCUT2D eigenvalue weighted by atomic mass is 16.5. The molecule has 3 heteroatoms. The second-order valence-electron chi connectivity index (χ2n) is 6.04. The minimum absolute atomic E-state index is 0.308. The molecule has 1 atom stereocenters. The van der Waals surface area contributed by atoms with Crippen molar-refractivity contribution in [3.8, 4) is 5.75 Å². The van der Waals surface area contributed by atoms with E-state index in [1.165, 1.54) is 11.1 Å². The Morgan fingerprint density at radius 1 is 1.37 bits per heavy atom. The zero-order valence-electron chi connectivity index (χ0n) is 11.6. The molecule has 0 aromatic heterocycles. The van der Waals surface area contributed by atoms with Crippen LogP contribution >= 0.6 is 0 Å². The quantitative estimate of drug-likeness (QED) is 0.879. The zero-order chi connectivity index (χ0) is 13.3. The summed E-state index contributed by atoms with van der Waals surface area (Å²) >= 11 is 0. The number of benzene rings is 1. The second kappa shape index (κ2) is 5.14. The first kappa shape index (κ1) is 12.9. The number of rotatable bonds is 3. The predicted octanol–water partition coefficient (Wildman–Crippen LogP) is 2.71. The molecule has 1 heterocycles. The molecule has 0 radical (unpaired) electrons. The standard InChI is InChI=1S/C16H23NO2/c1-12-5-6-13-14(4-2-9-19-15(13)10-12)17-11-16(18)7-3-8-16/h5-6,10,14,17-18H,2-4,7-9,11H2,1H3. The Hall–Kier alpha value is -1.06. The van der Waals surface area contributed by atoms with E-state index in [4.69, 9.17) is 4.74 Å². The first-order valence-electron chi connectivity index (χ1n) is 7.35. The van der Waals surface area contributed by atoms with Crippen molar-refractivity contribution in [3.05, 3.63) is 29.3 Å². The van der Waals surface area contributed by atoms with Gasteiger partial charge in [0.25, 0.3) is 0 Å². The van der Waals surface area contributed by atoms with Crippen LogP contribution < -0.4 is 10.1 Å². The number of fused-ring (bicyclic) bond motifs is 1. The van der Waals surface area contributed by atoms with Crippen LogP contribution in [0.1, 0.15) is 49.3 Å². The molecule has 1 aromatic carbocycles. The monoisotopic (exact) mass is 261 g/mol. The van der Waals surface area contributed by atoms with Crippen LogP contribution in [0, 0.1) is 6.92 Å². The number of hydrogen-bond acceptors (Lipinski definition) is 3. The highest BCUT2D eigenvalue weighted by molar-refractivity contribution is 5.40. The number of ether oxygens (including phenoxy) is 1. The van der Waals surface area contributed by atoms with E-state index in [2.05, 4.69) is 30.4 Å². The van der Waals surface area contributed by atoms with Crippen LogP contribution in [0.25, 0.3) is 0 Å². The smallest absolute Gasteiger partial charge is 0.124 e. The Balaban J connectivity index is 1.74. The van der Waals surface area contributed by atoms with Crippen molar-refractivity contribution in [3.63, 3.8) is 0 Å². The van der Waals surface area contributed by atoms with Gasteiger partial charge in [0.15, 0.2) is 0 Å². The zero-order valence-corrected chi connectivity index (χ0v) is 11.6. The van der Waals surface area contributed by atoms with E-state index in [0.717, 1.165) is 44.5 Å². The molecule has 1 aromatic rings. The summed E-state index contributed by atoms with van der Waals surface area (Å²) in [7, 11) is 0. The van der Waals surface area contributed by atoms with E-state index in [-0.39, 0.29) is 0 Å². The number of aliphatic hydroxyl groups is 1. The summed E-state index contributed by atoms with van der Waals surface area (Å²) in [6.07, 6.45) is 5.16. The molecule has 0 spiro atoms. The van der Waals surface area contributed by atoms with Gasteiger partial charge in [-0.2, -0.15) is 0 Å². The maximum absolute atomic E-state index is 10.2. The SMILES string of the molecule is Cc1ccc2c(c1)OCCCC2NCC1(O)CCC1. The number of aryl methyl sites for hydroxylation is 1. The maximum atomic E-state index is 10.2. The molecule has 1 unspecified atom stereocenters. The van der Waals surface area contributed by atoms with Gasteiger partial charge >= 0.3 is 0 Å². The molecule has 1 saturated carbocycles. The lowest BCUT2D eigenvalue weighted by Gasteiger charge is -2.38. The van der Waals surface area contributed by atoms with Gasteiger partial charge in [-0.25, -0.2) is 0 Å². The molecule has 3 nitrogen and oxygen atoms in total. The largest absolute Gasteiger partial charge is 0.493 e. The third kappa shape index (κ3) is 2.77. The van der Waals surface area contributed by atoms with Gasteiger partial charge in [-0.3, -0.25) is 0 Å². The average molecular weight is 261 g/mol. The van der Waals surface area contributed by atoms with Crippen molar-refractivity contribution in [2.75, 3.05) is 13.2 Å². The summed E-state index contributed by atoms with van der Waals surface area (Å²) in [5, 5.41) is 13.8. The van der Waals surface area contributed by atoms with Gasteiger partial charge in [0.1, 0.15) is 5.75 Å². The molecule has 1 aliphatic carbocycles. The fraction of sp³-hybridized carbons (Fsp3) is 0.625. The maximum Gasteiger partial charge on any atom is 0.124 e.